The Morgan fingerprint density at radius 2 is 2.08 bits per heavy atom. The van der Waals surface area contributed by atoms with Crippen molar-refractivity contribution in [3.05, 3.63) is 45.1 Å². The molecule has 3 amide bonds. The Balaban J connectivity index is 1.62. The molecule has 0 bridgehead atoms. The normalized spacial score (nSPS) is 25.9. The second-order valence-electron chi connectivity index (χ2n) is 6.42. The van der Waals surface area contributed by atoms with Crippen molar-refractivity contribution in [2.24, 2.45) is 0 Å². The van der Waals surface area contributed by atoms with E-state index in [1.807, 2.05) is 0 Å². The van der Waals surface area contributed by atoms with Crippen LogP contribution in [0.15, 0.2) is 29.5 Å². The first-order chi connectivity index (χ1) is 12.0. The molecule has 25 heavy (non-hydrogen) atoms. The van der Waals surface area contributed by atoms with Gasteiger partial charge in [-0.15, -0.1) is 0 Å². The fourth-order valence-electron chi connectivity index (χ4n) is 3.55. The average molecular weight is 382 g/mol. The number of amides is 3. The maximum absolute atomic E-state index is 12.9. The van der Waals surface area contributed by atoms with Gasteiger partial charge >= 0.3 is 6.03 Å². The van der Waals surface area contributed by atoms with Crippen molar-refractivity contribution in [3.8, 4) is 0 Å². The van der Waals surface area contributed by atoms with E-state index >= 15 is 0 Å². The minimum atomic E-state index is -0.541. The number of hydrogen-bond acceptors (Lipinski definition) is 3. The quantitative estimate of drug-likeness (QED) is 0.845. The summed E-state index contributed by atoms with van der Waals surface area (Å²) in [7, 11) is 0. The number of nitrogens with one attached hydrogen (secondary N) is 2. The maximum atomic E-state index is 12.9. The molecule has 8 heteroatoms. The highest BCUT2D eigenvalue weighted by Crippen LogP contribution is 2.35. The number of urea groups is 1. The molecule has 1 aromatic rings. The molecule has 2 atom stereocenters. The molecule has 3 aliphatic rings. The monoisotopic (exact) mass is 381 g/mol. The number of carbonyl (C=O) groups excluding carboxylic acids is 2. The highest BCUT2D eigenvalue weighted by atomic mass is 35.5. The lowest BCUT2D eigenvalue weighted by Crippen LogP contribution is -2.44. The Morgan fingerprint density at radius 3 is 2.80 bits per heavy atom. The van der Waals surface area contributed by atoms with Crippen LogP contribution in [0.2, 0.25) is 10.0 Å². The Hall–Kier alpha value is -1.76. The van der Waals surface area contributed by atoms with E-state index in [1.54, 1.807) is 23.1 Å². The van der Waals surface area contributed by atoms with Crippen LogP contribution in [0.5, 0.6) is 0 Å². The second kappa shape index (κ2) is 6.52. The van der Waals surface area contributed by atoms with Crippen LogP contribution < -0.4 is 10.6 Å². The van der Waals surface area contributed by atoms with Crippen LogP contribution in [0, 0.1) is 0 Å². The molecule has 0 spiro atoms. The van der Waals surface area contributed by atoms with Crippen molar-refractivity contribution in [1.82, 2.24) is 15.5 Å². The van der Waals surface area contributed by atoms with Crippen LogP contribution in [-0.2, 0) is 9.53 Å². The molecule has 2 N–H and O–H groups in total. The Morgan fingerprint density at radius 1 is 1.24 bits per heavy atom. The number of carbonyl (C=O) groups is 2. The minimum Gasteiger partial charge on any atom is -0.376 e. The zero-order valence-electron chi connectivity index (χ0n) is 13.4. The molecule has 0 unspecified atom stereocenters. The highest BCUT2D eigenvalue weighted by molar-refractivity contribution is 6.42. The standard InChI is InChI=1S/C17H17Cl2N3O3/c18-11-4-3-9(6-12(11)19)15-14-13(20-17(24)21-15)8-22(16(14)23)7-10-2-1-5-25-10/h3-4,6,10,15H,1-2,5,7-8H2,(H2,20,21,24)/t10-,15+/m0/s1. The predicted octanol–water partition coefficient (Wildman–Crippen LogP) is 2.62. The molecule has 1 aromatic carbocycles. The Labute approximate surface area is 155 Å². The van der Waals surface area contributed by atoms with Gasteiger partial charge in [-0.25, -0.2) is 4.79 Å². The van der Waals surface area contributed by atoms with Gasteiger partial charge < -0.3 is 20.3 Å². The van der Waals surface area contributed by atoms with Crippen LogP contribution >= 0.6 is 23.2 Å². The van der Waals surface area contributed by atoms with Crippen LogP contribution in [0.1, 0.15) is 24.4 Å². The van der Waals surface area contributed by atoms with Crippen LogP contribution in [0.25, 0.3) is 0 Å². The lowest BCUT2D eigenvalue weighted by molar-refractivity contribution is -0.127. The summed E-state index contributed by atoms with van der Waals surface area (Å²) in [4.78, 5) is 26.7. The number of rotatable bonds is 3. The molecule has 1 fully saturated rings. The van der Waals surface area contributed by atoms with E-state index in [0.717, 1.165) is 25.0 Å². The van der Waals surface area contributed by atoms with Gasteiger partial charge in [0.1, 0.15) is 0 Å². The van der Waals surface area contributed by atoms with Gasteiger partial charge in [-0.3, -0.25) is 4.79 Å². The highest BCUT2D eigenvalue weighted by Gasteiger charge is 2.41. The van der Waals surface area contributed by atoms with Gasteiger partial charge in [0.05, 0.1) is 40.0 Å². The van der Waals surface area contributed by atoms with Crippen LogP contribution in [-0.4, -0.2) is 42.6 Å². The fraction of sp³-hybridized carbons (Fsp3) is 0.412. The number of nitrogens with zero attached hydrogens (tertiary/aromatic N) is 1. The molecule has 1 saturated heterocycles. The zero-order valence-corrected chi connectivity index (χ0v) is 14.9. The molecular formula is C17H17Cl2N3O3. The SMILES string of the molecule is O=C1NC2=C(C(=O)N(C[C@@H]3CCCO3)C2)[C@@H](c2ccc(Cl)c(Cl)c2)N1. The first-order valence-corrected chi connectivity index (χ1v) is 8.95. The van der Waals surface area contributed by atoms with Crippen molar-refractivity contribution in [1.29, 1.82) is 0 Å². The molecule has 6 nitrogen and oxygen atoms in total. The first-order valence-electron chi connectivity index (χ1n) is 8.19. The summed E-state index contributed by atoms with van der Waals surface area (Å²) in [6.07, 6.45) is 2.04. The average Bonchev–Trinajstić information content (AvgIpc) is 3.18. The van der Waals surface area contributed by atoms with Crippen molar-refractivity contribution in [2.45, 2.75) is 25.0 Å². The second-order valence-corrected chi connectivity index (χ2v) is 7.23. The largest absolute Gasteiger partial charge is 0.376 e. The summed E-state index contributed by atoms with van der Waals surface area (Å²) in [5.74, 6) is -0.0888. The summed E-state index contributed by atoms with van der Waals surface area (Å²) in [6.45, 7) is 1.67. The summed E-state index contributed by atoms with van der Waals surface area (Å²) < 4.78 is 5.63. The van der Waals surface area contributed by atoms with Crippen molar-refractivity contribution in [2.75, 3.05) is 19.7 Å². The molecule has 0 aromatic heterocycles. The van der Waals surface area contributed by atoms with E-state index < -0.39 is 6.04 Å². The summed E-state index contributed by atoms with van der Waals surface area (Å²) in [5, 5.41) is 6.38. The molecule has 0 saturated carbocycles. The van der Waals surface area contributed by atoms with Crippen LogP contribution in [0.4, 0.5) is 4.79 Å². The smallest absolute Gasteiger partial charge is 0.319 e. The third kappa shape index (κ3) is 3.10. The summed E-state index contributed by atoms with van der Waals surface area (Å²) >= 11 is 12.1. The Bertz CT molecular complexity index is 774. The molecule has 4 rings (SSSR count). The van der Waals surface area contributed by atoms with Gasteiger partial charge in [0, 0.05) is 13.2 Å². The number of halogens is 2. The molecule has 132 valence electrons. The third-order valence-electron chi connectivity index (χ3n) is 4.75. The molecular weight excluding hydrogens is 365 g/mol. The summed E-state index contributed by atoms with van der Waals surface area (Å²) in [5.41, 5.74) is 1.92. The van der Waals surface area contributed by atoms with E-state index in [0.29, 0.717) is 34.4 Å². The Kier molecular flexibility index (Phi) is 4.35. The summed E-state index contributed by atoms with van der Waals surface area (Å²) in [6, 6.07) is 4.24. The van der Waals surface area contributed by atoms with Gasteiger partial charge in [0.15, 0.2) is 0 Å². The van der Waals surface area contributed by atoms with E-state index in [9.17, 15) is 9.59 Å². The van der Waals surface area contributed by atoms with E-state index in [4.69, 9.17) is 27.9 Å². The van der Waals surface area contributed by atoms with Crippen molar-refractivity contribution in [3.63, 3.8) is 0 Å². The predicted molar refractivity (Wildman–Crippen MR) is 93.5 cm³/mol. The lowest BCUT2D eigenvalue weighted by Gasteiger charge is -2.26. The molecule has 0 aliphatic carbocycles. The third-order valence-corrected chi connectivity index (χ3v) is 5.48. The maximum Gasteiger partial charge on any atom is 0.319 e. The van der Waals surface area contributed by atoms with Gasteiger partial charge in [0.2, 0.25) is 0 Å². The van der Waals surface area contributed by atoms with Gasteiger partial charge in [-0.1, -0.05) is 29.3 Å². The first kappa shape index (κ1) is 16.7. The van der Waals surface area contributed by atoms with Gasteiger partial charge in [0.25, 0.3) is 5.91 Å². The van der Waals surface area contributed by atoms with Crippen LogP contribution in [0.3, 0.4) is 0 Å². The molecule has 0 radical (unpaired) electrons. The van der Waals surface area contributed by atoms with E-state index in [-0.39, 0.29) is 18.0 Å². The fourth-order valence-corrected chi connectivity index (χ4v) is 3.86. The number of ether oxygens (including phenoxy) is 1. The van der Waals surface area contributed by atoms with Gasteiger partial charge in [-0.05, 0) is 30.5 Å². The number of benzene rings is 1. The van der Waals surface area contributed by atoms with E-state index in [2.05, 4.69) is 10.6 Å². The topological polar surface area (TPSA) is 70.7 Å². The lowest BCUT2D eigenvalue weighted by atomic mass is 9.96. The van der Waals surface area contributed by atoms with Gasteiger partial charge in [-0.2, -0.15) is 0 Å². The minimum absolute atomic E-state index is 0.0670. The van der Waals surface area contributed by atoms with E-state index in [1.165, 1.54) is 0 Å². The van der Waals surface area contributed by atoms with Crippen molar-refractivity contribution >= 4 is 35.1 Å². The number of hydrogen-bond donors (Lipinski definition) is 2. The zero-order chi connectivity index (χ0) is 17.6. The molecule has 3 heterocycles. The molecule has 3 aliphatic heterocycles. The van der Waals surface area contributed by atoms with Crippen molar-refractivity contribution < 1.29 is 14.3 Å².